The van der Waals surface area contributed by atoms with E-state index in [1.165, 1.54) is 0 Å². The highest BCUT2D eigenvalue weighted by Crippen LogP contribution is 2.26. The molecule has 1 atom stereocenters. The predicted molar refractivity (Wildman–Crippen MR) is 100 cm³/mol. The standard InChI is InChI=1S/C19H22N6O2/c20-16(26)13-24-9-6-21-19(24)14-4-3-7-23(11-14)12-15-10-18(27)25-8-2-1-5-17(25)22-15/h1-2,5-6,8-10,14H,3-4,7,11-13H2,(H2,20,26). The first kappa shape index (κ1) is 17.4. The van der Waals surface area contributed by atoms with Gasteiger partial charge in [0.1, 0.15) is 18.0 Å². The number of nitrogens with two attached hydrogens (primary N) is 1. The van der Waals surface area contributed by atoms with Gasteiger partial charge in [-0.15, -0.1) is 0 Å². The average Bonchev–Trinajstić information content (AvgIpc) is 3.09. The van der Waals surface area contributed by atoms with Crippen molar-refractivity contribution in [2.45, 2.75) is 31.8 Å². The van der Waals surface area contributed by atoms with Crippen molar-refractivity contribution in [2.24, 2.45) is 5.73 Å². The number of piperidine rings is 1. The number of aromatic nitrogens is 4. The Balaban J connectivity index is 1.52. The van der Waals surface area contributed by atoms with Gasteiger partial charge in [-0.05, 0) is 31.5 Å². The maximum absolute atomic E-state index is 12.3. The van der Waals surface area contributed by atoms with Crippen molar-refractivity contribution in [3.8, 4) is 0 Å². The van der Waals surface area contributed by atoms with Crippen molar-refractivity contribution in [3.63, 3.8) is 0 Å². The first-order valence-corrected chi connectivity index (χ1v) is 9.09. The topological polar surface area (TPSA) is 98.5 Å². The van der Waals surface area contributed by atoms with Gasteiger partial charge >= 0.3 is 0 Å². The first-order valence-electron chi connectivity index (χ1n) is 9.09. The highest BCUT2D eigenvalue weighted by molar-refractivity contribution is 5.73. The molecule has 1 saturated heterocycles. The van der Waals surface area contributed by atoms with E-state index in [2.05, 4.69) is 14.9 Å². The molecule has 0 radical (unpaired) electrons. The number of primary amides is 1. The maximum Gasteiger partial charge on any atom is 0.258 e. The molecule has 4 heterocycles. The zero-order valence-electron chi connectivity index (χ0n) is 15.0. The van der Waals surface area contributed by atoms with Crippen LogP contribution in [0.25, 0.3) is 5.65 Å². The largest absolute Gasteiger partial charge is 0.368 e. The van der Waals surface area contributed by atoms with E-state index in [0.717, 1.165) is 37.4 Å². The van der Waals surface area contributed by atoms with Gasteiger partial charge in [0.05, 0.1) is 5.69 Å². The summed E-state index contributed by atoms with van der Waals surface area (Å²) in [5.74, 6) is 0.752. The molecule has 3 aromatic rings. The van der Waals surface area contributed by atoms with Gasteiger partial charge in [-0.25, -0.2) is 9.97 Å². The number of likely N-dealkylation sites (tertiary alicyclic amines) is 1. The van der Waals surface area contributed by atoms with Crippen LogP contribution in [0.3, 0.4) is 0 Å². The highest BCUT2D eigenvalue weighted by atomic mass is 16.1. The van der Waals surface area contributed by atoms with Crippen LogP contribution in [0.15, 0.2) is 47.7 Å². The van der Waals surface area contributed by atoms with E-state index < -0.39 is 0 Å². The molecule has 0 bridgehead atoms. The summed E-state index contributed by atoms with van der Waals surface area (Å²) < 4.78 is 3.38. The molecule has 0 aromatic carbocycles. The average molecular weight is 366 g/mol. The molecule has 8 heteroatoms. The number of amides is 1. The third-order valence-electron chi connectivity index (χ3n) is 4.95. The number of fused-ring (bicyclic) bond motifs is 1. The first-order chi connectivity index (χ1) is 13.1. The van der Waals surface area contributed by atoms with Crippen molar-refractivity contribution < 1.29 is 4.79 Å². The fourth-order valence-electron chi connectivity index (χ4n) is 3.81. The smallest absolute Gasteiger partial charge is 0.258 e. The van der Waals surface area contributed by atoms with E-state index in [4.69, 9.17) is 5.73 Å². The van der Waals surface area contributed by atoms with Crippen molar-refractivity contribution in [2.75, 3.05) is 13.1 Å². The quantitative estimate of drug-likeness (QED) is 0.719. The van der Waals surface area contributed by atoms with Gasteiger partial charge in [0, 0.05) is 43.7 Å². The Morgan fingerprint density at radius 1 is 1.30 bits per heavy atom. The summed E-state index contributed by atoms with van der Waals surface area (Å²) >= 11 is 0. The zero-order valence-corrected chi connectivity index (χ0v) is 15.0. The van der Waals surface area contributed by atoms with Crippen LogP contribution in [0.4, 0.5) is 0 Å². The molecule has 1 aliphatic rings. The van der Waals surface area contributed by atoms with E-state index in [1.54, 1.807) is 29.1 Å². The maximum atomic E-state index is 12.3. The van der Waals surface area contributed by atoms with Crippen molar-refractivity contribution in [1.29, 1.82) is 0 Å². The van der Waals surface area contributed by atoms with Gasteiger partial charge in [-0.2, -0.15) is 0 Å². The summed E-state index contributed by atoms with van der Waals surface area (Å²) in [6.45, 7) is 2.52. The number of imidazole rings is 1. The molecule has 0 aliphatic carbocycles. The van der Waals surface area contributed by atoms with Gasteiger partial charge in [0.25, 0.3) is 5.56 Å². The van der Waals surface area contributed by atoms with Crippen LogP contribution in [0.1, 0.15) is 30.3 Å². The van der Waals surface area contributed by atoms with E-state index in [9.17, 15) is 9.59 Å². The van der Waals surface area contributed by atoms with Crippen LogP contribution in [-0.2, 0) is 17.9 Å². The van der Waals surface area contributed by atoms with Gasteiger partial charge in [0.15, 0.2) is 0 Å². The minimum absolute atomic E-state index is 0.0684. The molecule has 1 unspecified atom stereocenters. The lowest BCUT2D eigenvalue weighted by Gasteiger charge is -2.32. The number of carbonyl (C=O) groups excluding carboxylic acids is 1. The molecule has 140 valence electrons. The fourth-order valence-corrected chi connectivity index (χ4v) is 3.81. The number of rotatable bonds is 5. The highest BCUT2D eigenvalue weighted by Gasteiger charge is 2.25. The summed E-state index contributed by atoms with van der Waals surface area (Å²) in [7, 11) is 0. The summed E-state index contributed by atoms with van der Waals surface area (Å²) in [6.07, 6.45) is 7.28. The van der Waals surface area contributed by atoms with Crippen LogP contribution < -0.4 is 11.3 Å². The van der Waals surface area contributed by atoms with Gasteiger partial charge in [0.2, 0.25) is 5.91 Å². The Morgan fingerprint density at radius 3 is 3.04 bits per heavy atom. The summed E-state index contributed by atoms with van der Waals surface area (Å²) in [6, 6.07) is 7.13. The molecule has 0 saturated carbocycles. The second-order valence-electron chi connectivity index (χ2n) is 6.97. The molecular formula is C19H22N6O2. The molecule has 3 aromatic heterocycles. The second kappa shape index (κ2) is 7.32. The third kappa shape index (κ3) is 3.75. The molecule has 4 rings (SSSR count). The minimum atomic E-state index is -0.372. The Hall–Kier alpha value is -3.00. The number of hydrogen-bond acceptors (Lipinski definition) is 5. The fraction of sp³-hybridized carbons (Fsp3) is 0.368. The Morgan fingerprint density at radius 2 is 2.19 bits per heavy atom. The van der Waals surface area contributed by atoms with Gasteiger partial charge in [-0.1, -0.05) is 6.07 Å². The summed E-state index contributed by atoms with van der Waals surface area (Å²) in [5.41, 5.74) is 6.69. The lowest BCUT2D eigenvalue weighted by molar-refractivity contribution is -0.118. The molecular weight excluding hydrogens is 344 g/mol. The van der Waals surface area contributed by atoms with E-state index in [-0.39, 0.29) is 23.9 Å². The van der Waals surface area contributed by atoms with E-state index >= 15 is 0 Å². The van der Waals surface area contributed by atoms with Gasteiger partial charge < -0.3 is 10.3 Å². The van der Waals surface area contributed by atoms with Crippen LogP contribution >= 0.6 is 0 Å². The molecule has 1 fully saturated rings. The molecule has 2 N–H and O–H groups in total. The van der Waals surface area contributed by atoms with Crippen LogP contribution in [-0.4, -0.2) is 42.8 Å². The number of nitrogens with zero attached hydrogens (tertiary/aromatic N) is 5. The Labute approximate surface area is 156 Å². The Bertz CT molecular complexity index is 1020. The molecule has 1 aliphatic heterocycles. The number of carbonyl (C=O) groups is 1. The third-order valence-corrected chi connectivity index (χ3v) is 4.95. The normalized spacial score (nSPS) is 18.0. The SMILES string of the molecule is NC(=O)Cn1ccnc1C1CCCN(Cc2cc(=O)n3ccccc3n2)C1. The van der Waals surface area contributed by atoms with Crippen LogP contribution in [0.5, 0.6) is 0 Å². The molecule has 1 amide bonds. The van der Waals surface area contributed by atoms with E-state index in [0.29, 0.717) is 12.2 Å². The zero-order chi connectivity index (χ0) is 18.8. The molecule has 8 nitrogen and oxygen atoms in total. The van der Waals surface area contributed by atoms with Crippen molar-refractivity contribution >= 4 is 11.6 Å². The van der Waals surface area contributed by atoms with Crippen LogP contribution in [0.2, 0.25) is 0 Å². The lowest BCUT2D eigenvalue weighted by Crippen LogP contribution is -2.36. The predicted octanol–water partition coefficient (Wildman–Crippen LogP) is 0.756. The number of pyridine rings is 1. The Kier molecular flexibility index (Phi) is 4.72. The van der Waals surface area contributed by atoms with Gasteiger partial charge in [-0.3, -0.25) is 18.9 Å². The molecule has 0 spiro atoms. The minimum Gasteiger partial charge on any atom is -0.368 e. The lowest BCUT2D eigenvalue weighted by atomic mass is 9.97. The summed E-state index contributed by atoms with van der Waals surface area (Å²) in [4.78, 5) is 34.9. The van der Waals surface area contributed by atoms with Crippen molar-refractivity contribution in [3.05, 3.63) is 64.7 Å². The number of hydrogen-bond donors (Lipinski definition) is 1. The monoisotopic (exact) mass is 366 g/mol. The molecule has 27 heavy (non-hydrogen) atoms. The van der Waals surface area contributed by atoms with Crippen LogP contribution in [0, 0.1) is 0 Å². The van der Waals surface area contributed by atoms with E-state index in [1.807, 2.05) is 22.8 Å². The van der Waals surface area contributed by atoms with Crippen molar-refractivity contribution in [1.82, 2.24) is 23.8 Å². The summed E-state index contributed by atoms with van der Waals surface area (Å²) in [5, 5.41) is 0. The second-order valence-corrected chi connectivity index (χ2v) is 6.97.